The van der Waals surface area contributed by atoms with Crippen molar-refractivity contribution in [1.82, 2.24) is 10.2 Å². The lowest BCUT2D eigenvalue weighted by molar-refractivity contribution is 0.0458. The van der Waals surface area contributed by atoms with Crippen molar-refractivity contribution in [2.75, 3.05) is 25.1 Å². The molecule has 0 aromatic heterocycles. The third kappa shape index (κ3) is 3.23. The van der Waals surface area contributed by atoms with Crippen molar-refractivity contribution in [2.45, 2.75) is 70.0 Å². The average Bonchev–Trinajstić information content (AvgIpc) is 2.84. The van der Waals surface area contributed by atoms with Crippen LogP contribution in [0.4, 0.5) is 0 Å². The van der Waals surface area contributed by atoms with E-state index in [1.165, 1.54) is 57.4 Å². The third-order valence-corrected chi connectivity index (χ3v) is 5.65. The zero-order chi connectivity index (χ0) is 13.0. The molecule has 2 fully saturated rings. The number of nitrogens with one attached hydrogen (secondary N) is 1. The fourth-order valence-electron chi connectivity index (χ4n) is 3.72. The number of rotatable bonds is 5. The van der Waals surface area contributed by atoms with Crippen LogP contribution in [0.2, 0.25) is 0 Å². The summed E-state index contributed by atoms with van der Waals surface area (Å²) in [5.74, 6) is 1.30. The van der Waals surface area contributed by atoms with Crippen LogP contribution in [-0.4, -0.2) is 47.6 Å². The molecule has 2 atom stereocenters. The van der Waals surface area contributed by atoms with Crippen molar-refractivity contribution < 1.29 is 0 Å². The zero-order valence-electron chi connectivity index (χ0n) is 12.4. The summed E-state index contributed by atoms with van der Waals surface area (Å²) in [6, 6.07) is 1.51. The van der Waals surface area contributed by atoms with Gasteiger partial charge in [0.15, 0.2) is 0 Å². The fraction of sp³-hybridized carbons (Fsp3) is 1.00. The Hall–Kier alpha value is 0.270. The van der Waals surface area contributed by atoms with E-state index >= 15 is 0 Å². The van der Waals surface area contributed by atoms with Gasteiger partial charge in [-0.1, -0.05) is 19.8 Å². The highest BCUT2D eigenvalue weighted by molar-refractivity contribution is 7.98. The summed E-state index contributed by atoms with van der Waals surface area (Å²) >= 11 is 1.98. The summed E-state index contributed by atoms with van der Waals surface area (Å²) in [5.41, 5.74) is 0.472. The first kappa shape index (κ1) is 14.7. The van der Waals surface area contributed by atoms with Crippen LogP contribution in [0.5, 0.6) is 0 Å². The Bertz CT molecular complexity index is 251. The predicted octanol–water partition coefficient (Wildman–Crippen LogP) is 3.12. The van der Waals surface area contributed by atoms with Crippen molar-refractivity contribution in [2.24, 2.45) is 0 Å². The van der Waals surface area contributed by atoms with Crippen molar-refractivity contribution in [3.8, 4) is 0 Å². The van der Waals surface area contributed by atoms with Crippen molar-refractivity contribution in [3.63, 3.8) is 0 Å². The topological polar surface area (TPSA) is 15.3 Å². The van der Waals surface area contributed by atoms with Gasteiger partial charge in [-0.05, 0) is 44.6 Å². The summed E-state index contributed by atoms with van der Waals surface area (Å²) in [5, 5.41) is 3.89. The molecule has 0 amide bonds. The van der Waals surface area contributed by atoms with E-state index < -0.39 is 0 Å². The molecule has 106 valence electrons. The molecule has 2 rings (SSSR count). The highest BCUT2D eigenvalue weighted by Crippen LogP contribution is 2.34. The van der Waals surface area contributed by atoms with Crippen LogP contribution < -0.4 is 5.32 Å². The van der Waals surface area contributed by atoms with Crippen LogP contribution in [0, 0.1) is 0 Å². The van der Waals surface area contributed by atoms with Gasteiger partial charge in [-0.3, -0.25) is 4.90 Å². The lowest BCUT2D eigenvalue weighted by Gasteiger charge is -2.49. The Kier molecular flexibility index (Phi) is 5.40. The molecule has 1 aliphatic heterocycles. The largest absolute Gasteiger partial charge is 0.308 e. The van der Waals surface area contributed by atoms with Crippen molar-refractivity contribution >= 4 is 11.8 Å². The second-order valence-corrected chi connectivity index (χ2v) is 7.22. The monoisotopic (exact) mass is 270 g/mol. The van der Waals surface area contributed by atoms with E-state index in [9.17, 15) is 0 Å². The quantitative estimate of drug-likeness (QED) is 0.826. The minimum absolute atomic E-state index is 0.472. The molecule has 2 unspecified atom stereocenters. The van der Waals surface area contributed by atoms with Crippen LogP contribution in [0.1, 0.15) is 52.4 Å². The highest BCUT2D eigenvalue weighted by atomic mass is 32.2. The lowest BCUT2D eigenvalue weighted by Crippen LogP contribution is -2.64. The Morgan fingerprint density at radius 2 is 2.11 bits per heavy atom. The summed E-state index contributed by atoms with van der Waals surface area (Å²) < 4.78 is 0. The standard InChI is InChI=1S/C15H30N2S/c1-4-14-11-16-15(8-5-6-9-15)12-17(14)13(2)7-10-18-3/h13-14,16H,4-12H2,1-3H3. The van der Waals surface area contributed by atoms with E-state index in [2.05, 4.69) is 30.3 Å². The van der Waals surface area contributed by atoms with E-state index in [0.717, 1.165) is 12.1 Å². The molecular weight excluding hydrogens is 240 g/mol. The maximum Gasteiger partial charge on any atom is 0.0309 e. The first-order valence-corrected chi connectivity index (χ1v) is 9.10. The minimum atomic E-state index is 0.472. The van der Waals surface area contributed by atoms with Gasteiger partial charge < -0.3 is 5.32 Å². The average molecular weight is 270 g/mol. The highest BCUT2D eigenvalue weighted by Gasteiger charge is 2.41. The normalized spacial score (nSPS) is 29.8. The van der Waals surface area contributed by atoms with Gasteiger partial charge >= 0.3 is 0 Å². The first-order valence-electron chi connectivity index (χ1n) is 7.70. The number of nitrogens with zero attached hydrogens (tertiary/aromatic N) is 1. The van der Waals surface area contributed by atoms with E-state index in [1.807, 2.05) is 11.8 Å². The predicted molar refractivity (Wildman–Crippen MR) is 82.4 cm³/mol. The van der Waals surface area contributed by atoms with Gasteiger partial charge in [-0.15, -0.1) is 0 Å². The summed E-state index contributed by atoms with van der Waals surface area (Å²) in [6.45, 7) is 7.28. The van der Waals surface area contributed by atoms with Gasteiger partial charge in [-0.2, -0.15) is 11.8 Å². The Morgan fingerprint density at radius 3 is 2.72 bits per heavy atom. The van der Waals surface area contributed by atoms with Gasteiger partial charge in [0, 0.05) is 30.7 Å². The number of piperazine rings is 1. The Morgan fingerprint density at radius 1 is 1.39 bits per heavy atom. The minimum Gasteiger partial charge on any atom is -0.308 e. The summed E-state index contributed by atoms with van der Waals surface area (Å²) in [6.07, 6.45) is 10.5. The van der Waals surface area contributed by atoms with Gasteiger partial charge in [0.05, 0.1) is 0 Å². The molecule has 0 aromatic carbocycles. The maximum atomic E-state index is 3.89. The van der Waals surface area contributed by atoms with Gasteiger partial charge in [-0.25, -0.2) is 0 Å². The molecule has 2 nitrogen and oxygen atoms in total. The number of hydrogen-bond donors (Lipinski definition) is 1. The Labute approximate surface area is 117 Å². The molecule has 2 aliphatic rings. The van der Waals surface area contributed by atoms with E-state index in [4.69, 9.17) is 0 Å². The van der Waals surface area contributed by atoms with Crippen LogP contribution in [0.3, 0.4) is 0 Å². The van der Waals surface area contributed by atoms with Crippen LogP contribution in [-0.2, 0) is 0 Å². The summed E-state index contributed by atoms with van der Waals surface area (Å²) in [7, 11) is 0. The smallest absolute Gasteiger partial charge is 0.0309 e. The van der Waals surface area contributed by atoms with Gasteiger partial charge in [0.25, 0.3) is 0 Å². The van der Waals surface area contributed by atoms with E-state index in [1.54, 1.807) is 0 Å². The van der Waals surface area contributed by atoms with Gasteiger partial charge in [0.1, 0.15) is 0 Å². The third-order valence-electron chi connectivity index (χ3n) is 5.00. The first-order chi connectivity index (χ1) is 8.71. The fourth-order valence-corrected chi connectivity index (χ4v) is 4.30. The molecule has 1 aliphatic carbocycles. The van der Waals surface area contributed by atoms with Crippen molar-refractivity contribution in [3.05, 3.63) is 0 Å². The molecule has 18 heavy (non-hydrogen) atoms. The Balaban J connectivity index is 1.98. The molecule has 1 spiro atoms. The zero-order valence-corrected chi connectivity index (χ0v) is 13.2. The van der Waals surface area contributed by atoms with E-state index in [-0.39, 0.29) is 0 Å². The molecule has 1 saturated heterocycles. The van der Waals surface area contributed by atoms with Crippen LogP contribution >= 0.6 is 11.8 Å². The second-order valence-electron chi connectivity index (χ2n) is 6.23. The molecule has 0 radical (unpaired) electrons. The second kappa shape index (κ2) is 6.62. The number of thioether (sulfide) groups is 1. The molecule has 0 bridgehead atoms. The molecule has 3 heteroatoms. The van der Waals surface area contributed by atoms with Crippen molar-refractivity contribution in [1.29, 1.82) is 0 Å². The maximum absolute atomic E-state index is 3.89. The molecule has 1 N–H and O–H groups in total. The molecule has 1 saturated carbocycles. The molecule has 1 heterocycles. The summed E-state index contributed by atoms with van der Waals surface area (Å²) in [4.78, 5) is 2.82. The number of hydrogen-bond acceptors (Lipinski definition) is 3. The molecule has 0 aromatic rings. The van der Waals surface area contributed by atoms with Crippen LogP contribution in [0.15, 0.2) is 0 Å². The SMILES string of the molecule is CCC1CNC2(CCCC2)CN1C(C)CCSC. The van der Waals surface area contributed by atoms with Crippen LogP contribution in [0.25, 0.3) is 0 Å². The van der Waals surface area contributed by atoms with E-state index in [0.29, 0.717) is 5.54 Å². The molecular formula is C15H30N2S. The lowest BCUT2D eigenvalue weighted by atomic mass is 9.90. The van der Waals surface area contributed by atoms with Gasteiger partial charge in [0.2, 0.25) is 0 Å².